The third-order valence-electron chi connectivity index (χ3n) is 5.76. The number of hydrogen-bond acceptors (Lipinski definition) is 5. The normalized spacial score (nSPS) is 17.3. The molecule has 0 radical (unpaired) electrons. The second kappa shape index (κ2) is 9.46. The molecule has 3 heterocycles. The van der Waals surface area contributed by atoms with Gasteiger partial charge in [-0.15, -0.1) is 0 Å². The molecule has 1 unspecified atom stereocenters. The number of nitrogens with zero attached hydrogens (tertiary/aromatic N) is 3. The predicted molar refractivity (Wildman–Crippen MR) is 125 cm³/mol. The molecule has 178 valence electrons. The minimum absolute atomic E-state index is 0.217. The average molecular weight is 477 g/mol. The minimum atomic E-state index is -3.13. The van der Waals surface area contributed by atoms with Crippen LogP contribution in [0, 0.1) is 11.3 Å². The molecule has 1 saturated heterocycles. The zero-order chi connectivity index (χ0) is 25.2. The van der Waals surface area contributed by atoms with Crippen LogP contribution in [0.1, 0.15) is 34.8 Å². The van der Waals surface area contributed by atoms with Crippen molar-refractivity contribution >= 4 is 34.4 Å². The number of amides is 2. The summed E-state index contributed by atoms with van der Waals surface area (Å²) in [5, 5.41) is 12.1. The van der Waals surface area contributed by atoms with Crippen LogP contribution in [0.3, 0.4) is 0 Å². The number of pyridine rings is 2. The molecule has 2 N–H and O–H groups in total. The first-order valence-electron chi connectivity index (χ1n) is 10.8. The van der Waals surface area contributed by atoms with Crippen molar-refractivity contribution in [2.75, 3.05) is 13.1 Å². The van der Waals surface area contributed by atoms with Gasteiger partial charge in [-0.2, -0.15) is 5.26 Å². The van der Waals surface area contributed by atoms with E-state index >= 15 is 0 Å². The van der Waals surface area contributed by atoms with Crippen molar-refractivity contribution in [2.24, 2.45) is 0 Å². The standard InChI is InChI=1S/C25H21F2N5O3/c1-15(17-4-6-30-22(33)10-17)8-16-2-3-21-20(9-16)19(5-7-29-21)24(35)31-13-23(34)32-14-25(26,27)11-18(32)12-28/h2-10,18H,11,13-14H2,1H3,(H,30,33)(H,31,35)/b15-8+. The first kappa shape index (κ1) is 23.8. The summed E-state index contributed by atoms with van der Waals surface area (Å²) in [5.74, 6) is -4.45. The molecule has 1 aliphatic heterocycles. The number of aromatic amines is 1. The number of nitriles is 1. The van der Waals surface area contributed by atoms with E-state index in [1.54, 1.807) is 30.5 Å². The van der Waals surface area contributed by atoms with Crippen molar-refractivity contribution in [1.82, 2.24) is 20.2 Å². The number of aromatic nitrogens is 2. The van der Waals surface area contributed by atoms with Crippen LogP contribution in [-0.4, -0.2) is 51.7 Å². The van der Waals surface area contributed by atoms with Gasteiger partial charge in [0.15, 0.2) is 0 Å². The Balaban J connectivity index is 1.55. The molecule has 1 atom stereocenters. The van der Waals surface area contributed by atoms with Gasteiger partial charge >= 0.3 is 0 Å². The molecule has 8 nitrogen and oxygen atoms in total. The van der Waals surface area contributed by atoms with Crippen molar-refractivity contribution < 1.29 is 18.4 Å². The summed E-state index contributed by atoms with van der Waals surface area (Å²) in [6, 6.07) is 10.6. The predicted octanol–water partition coefficient (Wildman–Crippen LogP) is 2.97. The number of nitrogens with one attached hydrogen (secondary N) is 2. The van der Waals surface area contributed by atoms with Gasteiger partial charge < -0.3 is 15.2 Å². The highest BCUT2D eigenvalue weighted by Gasteiger charge is 2.47. The number of H-pyrrole nitrogens is 1. The highest BCUT2D eigenvalue weighted by atomic mass is 19.3. The number of benzene rings is 1. The molecule has 4 rings (SSSR count). The molecule has 2 aromatic heterocycles. The molecular weight excluding hydrogens is 456 g/mol. The fraction of sp³-hybridized carbons (Fsp3) is 0.240. The molecule has 2 amide bonds. The van der Waals surface area contributed by atoms with E-state index in [9.17, 15) is 23.2 Å². The summed E-state index contributed by atoms with van der Waals surface area (Å²) >= 11 is 0. The molecule has 0 saturated carbocycles. The number of halogens is 2. The number of fused-ring (bicyclic) bond motifs is 1. The van der Waals surface area contributed by atoms with Crippen LogP contribution in [-0.2, 0) is 4.79 Å². The van der Waals surface area contributed by atoms with Crippen LogP contribution in [0.5, 0.6) is 0 Å². The van der Waals surface area contributed by atoms with Gasteiger partial charge in [-0.05, 0) is 47.9 Å². The summed E-state index contributed by atoms with van der Waals surface area (Å²) < 4.78 is 27.3. The van der Waals surface area contributed by atoms with E-state index in [1.165, 1.54) is 18.3 Å². The lowest BCUT2D eigenvalue weighted by atomic mass is 10.0. The van der Waals surface area contributed by atoms with Crippen LogP contribution >= 0.6 is 0 Å². The number of carbonyl (C=O) groups is 2. The van der Waals surface area contributed by atoms with E-state index < -0.39 is 43.3 Å². The fourth-order valence-electron chi connectivity index (χ4n) is 4.02. The highest BCUT2D eigenvalue weighted by molar-refractivity contribution is 6.07. The molecule has 1 aliphatic rings. The molecule has 0 bridgehead atoms. The van der Waals surface area contributed by atoms with Crippen LogP contribution in [0.15, 0.2) is 53.6 Å². The Kier molecular flexibility index (Phi) is 6.42. The fourth-order valence-corrected chi connectivity index (χ4v) is 4.02. The number of likely N-dealkylation sites (tertiary alicyclic amines) is 1. The Labute approximate surface area is 198 Å². The van der Waals surface area contributed by atoms with E-state index in [-0.39, 0.29) is 11.1 Å². The van der Waals surface area contributed by atoms with E-state index in [4.69, 9.17) is 5.26 Å². The summed E-state index contributed by atoms with van der Waals surface area (Å²) in [5.41, 5.74) is 2.95. The van der Waals surface area contributed by atoms with Gasteiger partial charge in [0.05, 0.1) is 30.2 Å². The van der Waals surface area contributed by atoms with Crippen molar-refractivity contribution in [3.8, 4) is 6.07 Å². The van der Waals surface area contributed by atoms with Gasteiger partial charge in [0.25, 0.3) is 11.8 Å². The van der Waals surface area contributed by atoms with Crippen molar-refractivity contribution in [2.45, 2.75) is 25.3 Å². The first-order valence-corrected chi connectivity index (χ1v) is 10.8. The molecule has 1 aromatic carbocycles. The Hall–Kier alpha value is -4.39. The maximum Gasteiger partial charge on any atom is 0.268 e. The van der Waals surface area contributed by atoms with E-state index in [0.29, 0.717) is 10.9 Å². The van der Waals surface area contributed by atoms with Gasteiger partial charge in [0, 0.05) is 30.3 Å². The molecule has 0 aliphatic carbocycles. The Morgan fingerprint density at radius 1 is 1.31 bits per heavy atom. The Morgan fingerprint density at radius 3 is 2.86 bits per heavy atom. The minimum Gasteiger partial charge on any atom is -0.343 e. The number of rotatable bonds is 5. The zero-order valence-corrected chi connectivity index (χ0v) is 18.7. The van der Waals surface area contributed by atoms with Gasteiger partial charge in [-0.3, -0.25) is 19.4 Å². The van der Waals surface area contributed by atoms with Crippen LogP contribution in [0.2, 0.25) is 0 Å². The van der Waals surface area contributed by atoms with Crippen molar-refractivity contribution in [1.29, 1.82) is 5.26 Å². The van der Waals surface area contributed by atoms with Crippen molar-refractivity contribution in [3.05, 3.63) is 75.8 Å². The second-order valence-electron chi connectivity index (χ2n) is 8.31. The van der Waals surface area contributed by atoms with E-state index in [2.05, 4.69) is 15.3 Å². The van der Waals surface area contributed by atoms with Crippen LogP contribution < -0.4 is 10.9 Å². The SMILES string of the molecule is C/C(=C\c1ccc2nccc(C(=O)NCC(=O)N3CC(F)(F)CC3C#N)c2c1)c1cc[nH]c(=O)c1. The smallest absolute Gasteiger partial charge is 0.268 e. The monoisotopic (exact) mass is 477 g/mol. The molecule has 35 heavy (non-hydrogen) atoms. The summed E-state index contributed by atoms with van der Waals surface area (Å²) in [6.07, 6.45) is 4.17. The molecular formula is C25H21F2N5O3. The topological polar surface area (TPSA) is 119 Å². The second-order valence-corrected chi connectivity index (χ2v) is 8.31. The van der Waals surface area contributed by atoms with Crippen molar-refractivity contribution in [3.63, 3.8) is 0 Å². The third kappa shape index (κ3) is 5.24. The maximum absolute atomic E-state index is 13.6. The number of hydrogen-bond donors (Lipinski definition) is 2. The largest absolute Gasteiger partial charge is 0.343 e. The molecule has 10 heteroatoms. The Bertz CT molecular complexity index is 1440. The summed E-state index contributed by atoms with van der Waals surface area (Å²) in [7, 11) is 0. The third-order valence-corrected chi connectivity index (χ3v) is 5.76. The Morgan fingerprint density at radius 2 is 2.11 bits per heavy atom. The average Bonchev–Trinajstić information content (AvgIpc) is 3.16. The van der Waals surface area contributed by atoms with Gasteiger partial charge in [-0.1, -0.05) is 12.1 Å². The maximum atomic E-state index is 13.6. The van der Waals surface area contributed by atoms with Crippen LogP contribution in [0.4, 0.5) is 8.78 Å². The van der Waals surface area contributed by atoms with Crippen LogP contribution in [0.25, 0.3) is 22.6 Å². The van der Waals surface area contributed by atoms with E-state index in [1.807, 2.05) is 19.1 Å². The summed E-state index contributed by atoms with van der Waals surface area (Å²) in [4.78, 5) is 44.5. The highest BCUT2D eigenvalue weighted by Crippen LogP contribution is 2.31. The molecule has 0 spiro atoms. The first-order chi connectivity index (χ1) is 16.7. The summed E-state index contributed by atoms with van der Waals surface area (Å²) in [6.45, 7) is 0.496. The lowest BCUT2D eigenvalue weighted by Crippen LogP contribution is -2.43. The zero-order valence-electron chi connectivity index (χ0n) is 18.7. The molecule has 3 aromatic rings. The number of allylic oxidation sites excluding steroid dienone is 1. The number of carbonyl (C=O) groups excluding carboxylic acids is 2. The lowest BCUT2D eigenvalue weighted by Gasteiger charge is -2.19. The van der Waals surface area contributed by atoms with E-state index in [0.717, 1.165) is 21.6 Å². The lowest BCUT2D eigenvalue weighted by molar-refractivity contribution is -0.131. The van der Waals surface area contributed by atoms with Gasteiger partial charge in [0.2, 0.25) is 11.5 Å². The molecule has 1 fully saturated rings. The van der Waals surface area contributed by atoms with Gasteiger partial charge in [0.1, 0.15) is 6.04 Å². The number of alkyl halides is 2. The van der Waals surface area contributed by atoms with Gasteiger partial charge in [-0.25, -0.2) is 8.78 Å². The quantitative estimate of drug-likeness (QED) is 0.586.